The van der Waals surface area contributed by atoms with Gasteiger partial charge in [-0.25, -0.2) is 6.61 Å². The molecule has 0 radical (unpaired) electrons. The molecule has 0 amide bonds. The van der Waals surface area contributed by atoms with Gasteiger partial charge in [0.2, 0.25) is 0 Å². The van der Waals surface area contributed by atoms with Gasteiger partial charge in [0.05, 0.1) is 0 Å². The smallest absolute Gasteiger partial charge is 0 e. The SMILES string of the molecule is CCC[CH-]O.[Zn]. The Labute approximate surface area is 51.5 Å². The zero-order valence-electron chi connectivity index (χ0n) is 4.15. The maximum absolute atomic E-state index is 7.94. The fraction of sp³-hybridized carbons (Fsp3) is 0.750. The summed E-state index contributed by atoms with van der Waals surface area (Å²) in [5.74, 6) is 0. The zero-order chi connectivity index (χ0) is 4.12. The van der Waals surface area contributed by atoms with E-state index in [-0.39, 0.29) is 19.5 Å². The monoisotopic (exact) mass is 137 g/mol. The van der Waals surface area contributed by atoms with Crippen LogP contribution in [-0.2, 0) is 19.5 Å². The number of rotatable bonds is 2. The van der Waals surface area contributed by atoms with Crippen molar-refractivity contribution in [2.75, 3.05) is 0 Å². The molecule has 0 aliphatic carbocycles. The number of hydrogen-bond donors (Lipinski definition) is 1. The van der Waals surface area contributed by atoms with Crippen molar-refractivity contribution >= 4 is 0 Å². The van der Waals surface area contributed by atoms with Gasteiger partial charge in [0.25, 0.3) is 0 Å². The molecule has 0 fully saturated rings. The Bertz CT molecular complexity index is 15.0. The van der Waals surface area contributed by atoms with Crippen LogP contribution >= 0.6 is 0 Å². The number of aliphatic hydroxyl groups is 1. The van der Waals surface area contributed by atoms with Gasteiger partial charge in [0, 0.05) is 19.5 Å². The summed E-state index contributed by atoms with van der Waals surface area (Å²) in [7, 11) is 0. The minimum atomic E-state index is 0. The van der Waals surface area contributed by atoms with Crippen LogP contribution in [0.15, 0.2) is 0 Å². The summed E-state index contributed by atoms with van der Waals surface area (Å²) in [6, 6.07) is 0. The summed E-state index contributed by atoms with van der Waals surface area (Å²) in [6.07, 6.45) is 1.86. The van der Waals surface area contributed by atoms with Gasteiger partial charge in [0.1, 0.15) is 0 Å². The molecule has 0 aromatic rings. The Balaban J connectivity index is 0. The van der Waals surface area contributed by atoms with E-state index in [4.69, 9.17) is 5.11 Å². The van der Waals surface area contributed by atoms with Crippen molar-refractivity contribution in [2.45, 2.75) is 19.8 Å². The van der Waals surface area contributed by atoms with Gasteiger partial charge in [0.15, 0.2) is 0 Å². The average molecular weight is 139 g/mol. The first-order valence-electron chi connectivity index (χ1n) is 1.87. The summed E-state index contributed by atoms with van der Waals surface area (Å²) in [5.41, 5.74) is 0. The molecule has 6 heavy (non-hydrogen) atoms. The molecule has 34 valence electrons. The van der Waals surface area contributed by atoms with Crippen molar-refractivity contribution in [3.63, 3.8) is 0 Å². The maximum Gasteiger partial charge on any atom is 0 e. The van der Waals surface area contributed by atoms with Crippen LogP contribution in [0.4, 0.5) is 0 Å². The molecule has 0 bridgehead atoms. The molecule has 1 N–H and O–H groups in total. The molecule has 0 aromatic carbocycles. The molecule has 0 saturated carbocycles. The number of aliphatic hydroxyl groups excluding tert-OH is 1. The molecular weight excluding hydrogens is 129 g/mol. The second kappa shape index (κ2) is 9.13. The molecule has 0 atom stereocenters. The predicted molar refractivity (Wildman–Crippen MR) is 21.1 cm³/mol. The van der Waals surface area contributed by atoms with Gasteiger partial charge < -0.3 is 5.11 Å². The van der Waals surface area contributed by atoms with Crippen LogP contribution < -0.4 is 0 Å². The Morgan fingerprint density at radius 3 is 2.17 bits per heavy atom. The van der Waals surface area contributed by atoms with E-state index in [1.165, 1.54) is 6.61 Å². The molecule has 0 saturated heterocycles. The summed E-state index contributed by atoms with van der Waals surface area (Å²) < 4.78 is 0. The molecule has 0 aliphatic heterocycles. The Morgan fingerprint density at radius 2 is 2.17 bits per heavy atom. The van der Waals surface area contributed by atoms with E-state index in [0.29, 0.717) is 0 Å². The molecule has 1 nitrogen and oxygen atoms in total. The van der Waals surface area contributed by atoms with Gasteiger partial charge in [-0.2, -0.15) is 6.42 Å². The number of hydrogen-bond acceptors (Lipinski definition) is 1. The predicted octanol–water partition coefficient (Wildman–Crippen LogP) is 1.32. The zero-order valence-corrected chi connectivity index (χ0v) is 7.11. The summed E-state index contributed by atoms with van der Waals surface area (Å²) in [5, 5.41) is 7.94. The van der Waals surface area contributed by atoms with Gasteiger partial charge in [-0.15, -0.1) is 0 Å². The first kappa shape index (κ1) is 9.77. The molecule has 2 heteroatoms. The third-order valence-electron chi connectivity index (χ3n) is 0.418. The molecule has 0 aliphatic rings. The van der Waals surface area contributed by atoms with Gasteiger partial charge in [-0.3, -0.25) is 0 Å². The van der Waals surface area contributed by atoms with Crippen molar-refractivity contribution in [1.29, 1.82) is 0 Å². The van der Waals surface area contributed by atoms with Crippen molar-refractivity contribution in [2.24, 2.45) is 0 Å². The number of unbranched alkanes of at least 4 members (excludes halogenated alkanes) is 1. The van der Waals surface area contributed by atoms with E-state index in [9.17, 15) is 0 Å². The molecule has 0 spiro atoms. The third kappa shape index (κ3) is 8.82. The average Bonchev–Trinajstić information content (AvgIpc) is 1.41. The summed E-state index contributed by atoms with van der Waals surface area (Å²) in [6.45, 7) is 3.20. The molecular formula is C4H9OZn-. The van der Waals surface area contributed by atoms with Crippen molar-refractivity contribution < 1.29 is 24.6 Å². The normalized spacial score (nSPS) is 7.00. The van der Waals surface area contributed by atoms with Crippen LogP contribution in [-0.4, -0.2) is 5.11 Å². The summed E-state index contributed by atoms with van der Waals surface area (Å²) in [4.78, 5) is 0. The largest absolute Gasteiger partial charge is 0.566 e. The van der Waals surface area contributed by atoms with Crippen molar-refractivity contribution in [1.82, 2.24) is 0 Å². The quantitative estimate of drug-likeness (QED) is 0.451. The second-order valence-electron chi connectivity index (χ2n) is 0.971. The molecule has 0 heterocycles. The topological polar surface area (TPSA) is 20.2 Å². The Morgan fingerprint density at radius 1 is 1.67 bits per heavy atom. The van der Waals surface area contributed by atoms with Crippen LogP contribution in [0.5, 0.6) is 0 Å². The Hall–Kier alpha value is 0.583. The van der Waals surface area contributed by atoms with E-state index in [1.807, 2.05) is 6.92 Å². The molecule has 0 rings (SSSR count). The van der Waals surface area contributed by atoms with Gasteiger partial charge in [-0.05, 0) is 0 Å². The fourth-order valence-corrected chi connectivity index (χ4v) is 0.129. The Kier molecular flexibility index (Phi) is 14.9. The minimum Gasteiger partial charge on any atom is -0.566 e. The third-order valence-corrected chi connectivity index (χ3v) is 0.418. The standard InChI is InChI=1S/C4H9O.Zn/c1-2-3-4-5;/h4-5H,2-3H2,1H3;/q-1;. The first-order chi connectivity index (χ1) is 2.41. The van der Waals surface area contributed by atoms with E-state index < -0.39 is 0 Å². The van der Waals surface area contributed by atoms with Gasteiger partial charge >= 0.3 is 0 Å². The second-order valence-corrected chi connectivity index (χ2v) is 0.971. The van der Waals surface area contributed by atoms with Crippen molar-refractivity contribution in [3.8, 4) is 0 Å². The van der Waals surface area contributed by atoms with E-state index in [1.54, 1.807) is 0 Å². The van der Waals surface area contributed by atoms with E-state index in [0.717, 1.165) is 12.8 Å². The van der Waals surface area contributed by atoms with Crippen LogP contribution in [0, 0.1) is 6.61 Å². The van der Waals surface area contributed by atoms with Crippen molar-refractivity contribution in [3.05, 3.63) is 6.61 Å². The van der Waals surface area contributed by atoms with Crippen LogP contribution in [0.25, 0.3) is 0 Å². The van der Waals surface area contributed by atoms with Crippen LogP contribution in [0.3, 0.4) is 0 Å². The molecule has 0 unspecified atom stereocenters. The van der Waals surface area contributed by atoms with E-state index in [2.05, 4.69) is 0 Å². The van der Waals surface area contributed by atoms with Crippen LogP contribution in [0.1, 0.15) is 19.8 Å². The fourth-order valence-electron chi connectivity index (χ4n) is 0.129. The molecule has 0 aromatic heterocycles. The maximum atomic E-state index is 7.94. The minimum absolute atomic E-state index is 0. The van der Waals surface area contributed by atoms with Crippen LogP contribution in [0.2, 0.25) is 0 Å². The van der Waals surface area contributed by atoms with Gasteiger partial charge in [-0.1, -0.05) is 13.3 Å². The summed E-state index contributed by atoms with van der Waals surface area (Å²) >= 11 is 0. The van der Waals surface area contributed by atoms with E-state index >= 15 is 0 Å². The first-order valence-corrected chi connectivity index (χ1v) is 1.87.